The van der Waals surface area contributed by atoms with Crippen LogP contribution < -0.4 is 15.8 Å². The number of imidazole rings is 1. The normalized spacial score (nSPS) is 13.4. The maximum absolute atomic E-state index is 12.3. The van der Waals surface area contributed by atoms with Crippen LogP contribution in [0.3, 0.4) is 0 Å². The van der Waals surface area contributed by atoms with Gasteiger partial charge in [-0.1, -0.05) is 11.8 Å². The Morgan fingerprint density at radius 1 is 1.32 bits per heavy atom. The van der Waals surface area contributed by atoms with Crippen molar-refractivity contribution < 1.29 is 18.0 Å². The maximum Gasteiger partial charge on any atom is 0.321 e. The van der Waals surface area contributed by atoms with Crippen molar-refractivity contribution in [1.82, 2.24) is 20.2 Å². The minimum atomic E-state index is -3.83. The van der Waals surface area contributed by atoms with Gasteiger partial charge < -0.3 is 9.88 Å². The van der Waals surface area contributed by atoms with Crippen LogP contribution in [0.4, 0.5) is 4.79 Å². The van der Waals surface area contributed by atoms with Crippen LogP contribution in [0.2, 0.25) is 0 Å². The number of aromatic nitrogens is 2. The predicted octanol–water partition coefficient (Wildman–Crippen LogP) is 1.81. The minimum absolute atomic E-state index is 0.0260. The number of nitrogens with two attached hydrogens (primary N) is 1. The van der Waals surface area contributed by atoms with Crippen LogP contribution in [0.1, 0.15) is 34.6 Å². The van der Waals surface area contributed by atoms with Gasteiger partial charge >= 0.3 is 6.03 Å². The summed E-state index contributed by atoms with van der Waals surface area (Å²) in [5.41, 5.74) is 0.738. The lowest BCUT2D eigenvalue weighted by Gasteiger charge is -2.21. The van der Waals surface area contributed by atoms with Crippen molar-refractivity contribution in [1.29, 1.82) is 0 Å². The van der Waals surface area contributed by atoms with Gasteiger partial charge in [0.2, 0.25) is 15.9 Å². The number of sulfonamides is 1. The second-order valence-electron chi connectivity index (χ2n) is 7.29. The number of aryl methyl sites for hydroxylation is 1. The van der Waals surface area contributed by atoms with Crippen molar-refractivity contribution in [2.75, 3.05) is 0 Å². The van der Waals surface area contributed by atoms with Gasteiger partial charge in [0.25, 0.3) is 0 Å². The SMILES string of the molecule is CCn1c(S[C@@H](C)C(=O)NC(=O)NC(C)(C)C)nc2cc(S(N)(=O)=O)ccc21. The number of amides is 3. The molecule has 11 heteroatoms. The van der Waals surface area contributed by atoms with Gasteiger partial charge in [-0.3, -0.25) is 10.1 Å². The molecule has 0 radical (unpaired) electrons. The van der Waals surface area contributed by atoms with E-state index in [2.05, 4.69) is 15.6 Å². The van der Waals surface area contributed by atoms with Crippen LogP contribution in [-0.4, -0.2) is 40.7 Å². The standard InChI is InChI=1S/C17H25N5O4S2/c1-6-22-13-8-7-11(28(18,25)26)9-12(13)19-16(22)27-10(2)14(23)20-15(24)21-17(3,4)5/h7-10H,6H2,1-5H3,(H2,18,25,26)(H2,20,21,23,24)/t10-/m0/s1. The van der Waals surface area contributed by atoms with E-state index in [0.29, 0.717) is 17.2 Å². The van der Waals surface area contributed by atoms with Crippen molar-refractivity contribution in [3.63, 3.8) is 0 Å². The average molecular weight is 428 g/mol. The highest BCUT2D eigenvalue weighted by Crippen LogP contribution is 2.28. The van der Waals surface area contributed by atoms with Crippen LogP contribution in [0, 0.1) is 0 Å². The van der Waals surface area contributed by atoms with Crippen LogP contribution in [0.15, 0.2) is 28.3 Å². The molecule has 0 aliphatic carbocycles. The highest BCUT2D eigenvalue weighted by molar-refractivity contribution is 8.00. The lowest BCUT2D eigenvalue weighted by molar-refractivity contribution is -0.119. The first-order valence-electron chi connectivity index (χ1n) is 8.64. The van der Waals surface area contributed by atoms with E-state index >= 15 is 0 Å². The molecule has 0 saturated heterocycles. The van der Waals surface area contributed by atoms with Crippen molar-refractivity contribution >= 4 is 44.8 Å². The molecule has 4 N–H and O–H groups in total. The summed E-state index contributed by atoms with van der Waals surface area (Å²) in [7, 11) is -3.83. The molecule has 0 aliphatic heterocycles. The quantitative estimate of drug-likeness (QED) is 0.623. The highest BCUT2D eigenvalue weighted by Gasteiger charge is 2.23. The summed E-state index contributed by atoms with van der Waals surface area (Å²) in [6.45, 7) is 9.60. The zero-order chi connectivity index (χ0) is 21.3. The minimum Gasteiger partial charge on any atom is -0.333 e. The Bertz CT molecular complexity index is 1010. The lowest BCUT2D eigenvalue weighted by atomic mass is 10.1. The summed E-state index contributed by atoms with van der Waals surface area (Å²) >= 11 is 1.18. The number of nitrogens with zero attached hydrogens (tertiary/aromatic N) is 2. The summed E-state index contributed by atoms with van der Waals surface area (Å²) in [5.74, 6) is -0.452. The molecule has 1 atom stereocenters. The topological polar surface area (TPSA) is 136 Å². The zero-order valence-corrected chi connectivity index (χ0v) is 18.1. The zero-order valence-electron chi connectivity index (χ0n) is 16.4. The van der Waals surface area contributed by atoms with E-state index in [1.54, 1.807) is 13.0 Å². The van der Waals surface area contributed by atoms with E-state index in [4.69, 9.17) is 5.14 Å². The Kier molecular flexibility index (Phi) is 6.41. The van der Waals surface area contributed by atoms with Gasteiger partial charge in [0.15, 0.2) is 5.16 Å². The van der Waals surface area contributed by atoms with Gasteiger partial charge in [0.05, 0.1) is 21.2 Å². The van der Waals surface area contributed by atoms with E-state index in [-0.39, 0.29) is 4.90 Å². The number of hydrogen-bond donors (Lipinski definition) is 3. The first-order chi connectivity index (χ1) is 12.8. The summed E-state index contributed by atoms with van der Waals surface area (Å²) in [5, 5.41) is 10.1. The van der Waals surface area contributed by atoms with Gasteiger partial charge in [0.1, 0.15) is 0 Å². The van der Waals surface area contributed by atoms with E-state index in [9.17, 15) is 18.0 Å². The number of benzene rings is 1. The second kappa shape index (κ2) is 8.10. The van der Waals surface area contributed by atoms with Gasteiger partial charge in [0, 0.05) is 12.1 Å². The van der Waals surface area contributed by atoms with Crippen molar-refractivity contribution in [2.45, 2.75) is 62.0 Å². The molecule has 0 aliphatic rings. The third kappa shape index (κ3) is 5.46. The summed E-state index contributed by atoms with van der Waals surface area (Å²) in [4.78, 5) is 28.6. The molecule has 2 aromatic rings. The first-order valence-corrected chi connectivity index (χ1v) is 11.1. The molecule has 9 nitrogen and oxygen atoms in total. The first kappa shape index (κ1) is 22.2. The number of rotatable bonds is 5. The van der Waals surface area contributed by atoms with Crippen molar-refractivity contribution in [3.05, 3.63) is 18.2 Å². The number of carbonyl (C=O) groups excluding carboxylic acids is 2. The van der Waals surface area contributed by atoms with Gasteiger partial charge in [-0.05, 0) is 52.8 Å². The van der Waals surface area contributed by atoms with Crippen LogP contribution >= 0.6 is 11.8 Å². The number of carbonyl (C=O) groups is 2. The number of fused-ring (bicyclic) bond motifs is 1. The fourth-order valence-corrected chi connectivity index (χ4v) is 3.98. The molecule has 1 heterocycles. The van der Waals surface area contributed by atoms with Gasteiger partial charge in [-0.2, -0.15) is 0 Å². The second-order valence-corrected chi connectivity index (χ2v) is 10.2. The Morgan fingerprint density at radius 2 is 1.96 bits per heavy atom. The molecule has 1 aromatic carbocycles. The van der Waals surface area contributed by atoms with E-state index < -0.39 is 32.8 Å². The molecule has 0 unspecified atom stereocenters. The highest BCUT2D eigenvalue weighted by atomic mass is 32.2. The Morgan fingerprint density at radius 3 is 2.50 bits per heavy atom. The fraction of sp³-hybridized carbons (Fsp3) is 0.471. The smallest absolute Gasteiger partial charge is 0.321 e. The summed E-state index contributed by atoms with van der Waals surface area (Å²) < 4.78 is 25.0. The number of hydrogen-bond acceptors (Lipinski definition) is 6. The monoisotopic (exact) mass is 427 g/mol. The number of nitrogens with one attached hydrogen (secondary N) is 2. The Labute approximate surface area is 168 Å². The van der Waals surface area contributed by atoms with Crippen molar-refractivity contribution in [3.8, 4) is 0 Å². The average Bonchev–Trinajstić information content (AvgIpc) is 2.87. The van der Waals surface area contributed by atoms with E-state index in [1.165, 1.54) is 23.9 Å². The molecule has 28 heavy (non-hydrogen) atoms. The molecule has 154 valence electrons. The number of imide groups is 1. The fourth-order valence-electron chi connectivity index (χ4n) is 2.46. The Balaban J connectivity index is 2.22. The molecule has 0 bridgehead atoms. The third-order valence-corrected chi connectivity index (χ3v) is 5.71. The molecule has 0 saturated carbocycles. The molecule has 2 rings (SSSR count). The number of urea groups is 1. The number of thioether (sulfide) groups is 1. The molecule has 1 aromatic heterocycles. The van der Waals surface area contributed by atoms with Crippen LogP contribution in [-0.2, 0) is 21.4 Å². The summed E-state index contributed by atoms with van der Waals surface area (Å²) in [6.07, 6.45) is 0. The van der Waals surface area contributed by atoms with Gasteiger partial charge in [-0.25, -0.2) is 23.3 Å². The lowest BCUT2D eigenvalue weighted by Crippen LogP contribution is -2.49. The van der Waals surface area contributed by atoms with Crippen molar-refractivity contribution in [2.24, 2.45) is 5.14 Å². The molecular formula is C17H25N5O4S2. The van der Waals surface area contributed by atoms with Crippen LogP contribution in [0.25, 0.3) is 11.0 Å². The number of primary sulfonamides is 1. The van der Waals surface area contributed by atoms with E-state index in [0.717, 1.165) is 5.52 Å². The van der Waals surface area contributed by atoms with Crippen LogP contribution in [0.5, 0.6) is 0 Å². The molecule has 0 spiro atoms. The third-order valence-electron chi connectivity index (χ3n) is 3.71. The Hall–Kier alpha value is -2.11. The molecule has 0 fully saturated rings. The summed E-state index contributed by atoms with van der Waals surface area (Å²) in [6, 6.07) is 3.90. The molecule has 3 amide bonds. The van der Waals surface area contributed by atoms with Gasteiger partial charge in [-0.15, -0.1) is 0 Å². The largest absolute Gasteiger partial charge is 0.333 e. The van der Waals surface area contributed by atoms with E-state index in [1.807, 2.05) is 32.3 Å². The molecular weight excluding hydrogens is 402 g/mol. The maximum atomic E-state index is 12.3. The predicted molar refractivity (Wildman–Crippen MR) is 109 cm³/mol.